The molecular weight excluding hydrogens is 286 g/mol. The summed E-state index contributed by atoms with van der Waals surface area (Å²) in [5, 5.41) is 0. The van der Waals surface area contributed by atoms with E-state index >= 15 is 0 Å². The predicted octanol–water partition coefficient (Wildman–Crippen LogP) is 2.35. The van der Waals surface area contributed by atoms with Crippen molar-refractivity contribution in [2.24, 2.45) is 0 Å². The van der Waals surface area contributed by atoms with Crippen molar-refractivity contribution in [3.8, 4) is 5.75 Å². The van der Waals surface area contributed by atoms with Gasteiger partial charge >= 0.3 is 0 Å². The molecule has 4 nitrogen and oxygen atoms in total. The first-order valence-electron chi connectivity index (χ1n) is 6.24. The van der Waals surface area contributed by atoms with Crippen molar-refractivity contribution in [3.63, 3.8) is 0 Å². The van der Waals surface area contributed by atoms with Crippen LogP contribution >= 0.6 is 11.6 Å². The van der Waals surface area contributed by atoms with Gasteiger partial charge in [0.1, 0.15) is 12.4 Å². The number of hydrogen-bond acceptors (Lipinski definition) is 3. The maximum Gasteiger partial charge on any atom is 0.213 e. The summed E-state index contributed by atoms with van der Waals surface area (Å²) in [6.45, 7) is 0.688. The fraction of sp³-hybridized carbons (Fsp3) is 0.538. The van der Waals surface area contributed by atoms with E-state index in [0.717, 1.165) is 12.2 Å². The van der Waals surface area contributed by atoms with Gasteiger partial charge in [0.2, 0.25) is 10.0 Å². The van der Waals surface area contributed by atoms with Gasteiger partial charge in [-0.15, -0.1) is 11.6 Å². The molecule has 0 amide bonds. The number of para-hydroxylation sites is 1. The van der Waals surface area contributed by atoms with Crippen LogP contribution in [-0.4, -0.2) is 44.6 Å². The monoisotopic (exact) mass is 305 g/mol. The van der Waals surface area contributed by atoms with Crippen molar-refractivity contribution in [1.29, 1.82) is 0 Å². The zero-order valence-corrected chi connectivity index (χ0v) is 12.7. The highest BCUT2D eigenvalue weighted by molar-refractivity contribution is 7.89. The minimum Gasteiger partial charge on any atom is -0.492 e. The molecule has 0 spiro atoms. The average Bonchev–Trinajstić information content (AvgIpc) is 2.40. The largest absolute Gasteiger partial charge is 0.492 e. The van der Waals surface area contributed by atoms with E-state index in [1.54, 1.807) is 7.05 Å². The van der Waals surface area contributed by atoms with E-state index in [2.05, 4.69) is 0 Å². The molecule has 0 aromatic heterocycles. The van der Waals surface area contributed by atoms with E-state index in [1.807, 2.05) is 30.3 Å². The van der Waals surface area contributed by atoms with Crippen LogP contribution in [-0.2, 0) is 10.0 Å². The van der Waals surface area contributed by atoms with Gasteiger partial charge in [0.05, 0.1) is 5.75 Å². The number of halogens is 1. The van der Waals surface area contributed by atoms with Gasteiger partial charge in [-0.2, -0.15) is 0 Å². The lowest BCUT2D eigenvalue weighted by atomic mass is 10.3. The van der Waals surface area contributed by atoms with Crippen molar-refractivity contribution in [2.45, 2.75) is 12.8 Å². The summed E-state index contributed by atoms with van der Waals surface area (Å²) in [4.78, 5) is 0. The number of ether oxygens (including phenoxy) is 1. The lowest BCUT2D eigenvalue weighted by molar-refractivity contribution is 0.287. The lowest BCUT2D eigenvalue weighted by Gasteiger charge is -2.17. The van der Waals surface area contributed by atoms with Crippen molar-refractivity contribution in [2.75, 3.05) is 31.8 Å². The second-order valence-electron chi connectivity index (χ2n) is 4.20. The first-order chi connectivity index (χ1) is 9.06. The zero-order valence-electron chi connectivity index (χ0n) is 11.1. The minimum atomic E-state index is -3.19. The second-order valence-corrected chi connectivity index (χ2v) is 6.77. The molecule has 0 aliphatic heterocycles. The summed E-state index contributed by atoms with van der Waals surface area (Å²) in [5.41, 5.74) is 0. The maximum atomic E-state index is 11.9. The number of unbranched alkanes of at least 4 members (excludes halogenated alkanes) is 1. The third-order valence-electron chi connectivity index (χ3n) is 2.68. The van der Waals surface area contributed by atoms with Crippen molar-refractivity contribution in [1.82, 2.24) is 4.31 Å². The summed E-state index contributed by atoms with van der Waals surface area (Å²) in [7, 11) is -1.62. The molecule has 0 unspecified atom stereocenters. The Morgan fingerprint density at radius 3 is 2.53 bits per heavy atom. The molecule has 108 valence electrons. The molecule has 0 saturated heterocycles. The SMILES string of the molecule is CN(CCOc1ccccc1)S(=O)(=O)CCCCCl. The smallest absolute Gasteiger partial charge is 0.213 e. The molecule has 0 radical (unpaired) electrons. The van der Waals surface area contributed by atoms with E-state index < -0.39 is 10.0 Å². The number of sulfonamides is 1. The van der Waals surface area contributed by atoms with E-state index in [0.29, 0.717) is 25.5 Å². The van der Waals surface area contributed by atoms with Crippen LogP contribution < -0.4 is 4.74 Å². The molecule has 0 saturated carbocycles. The Morgan fingerprint density at radius 1 is 1.21 bits per heavy atom. The van der Waals surface area contributed by atoms with Crippen LogP contribution in [0.5, 0.6) is 5.75 Å². The van der Waals surface area contributed by atoms with Crippen LogP contribution in [0.4, 0.5) is 0 Å². The summed E-state index contributed by atoms with van der Waals surface area (Å²) in [6.07, 6.45) is 1.31. The van der Waals surface area contributed by atoms with Gasteiger partial charge in [-0.3, -0.25) is 0 Å². The molecule has 0 N–H and O–H groups in total. The van der Waals surface area contributed by atoms with Crippen LogP contribution in [0.15, 0.2) is 30.3 Å². The summed E-state index contributed by atoms with van der Waals surface area (Å²) in [6, 6.07) is 9.34. The molecule has 0 aliphatic rings. The first-order valence-corrected chi connectivity index (χ1v) is 8.38. The van der Waals surface area contributed by atoms with E-state index in [4.69, 9.17) is 16.3 Å². The van der Waals surface area contributed by atoms with Crippen LogP contribution in [0.2, 0.25) is 0 Å². The van der Waals surface area contributed by atoms with Gasteiger partial charge in [-0.1, -0.05) is 18.2 Å². The lowest BCUT2D eigenvalue weighted by Crippen LogP contribution is -2.32. The Balaban J connectivity index is 2.32. The van der Waals surface area contributed by atoms with Crippen LogP contribution in [0.3, 0.4) is 0 Å². The van der Waals surface area contributed by atoms with Crippen molar-refractivity contribution in [3.05, 3.63) is 30.3 Å². The number of benzene rings is 1. The third-order valence-corrected chi connectivity index (χ3v) is 4.88. The minimum absolute atomic E-state index is 0.140. The highest BCUT2D eigenvalue weighted by atomic mass is 35.5. The average molecular weight is 306 g/mol. The third kappa shape index (κ3) is 6.27. The van der Waals surface area contributed by atoms with Crippen LogP contribution in [0.1, 0.15) is 12.8 Å². The van der Waals surface area contributed by atoms with Gasteiger partial charge in [-0.25, -0.2) is 12.7 Å². The molecule has 6 heteroatoms. The topological polar surface area (TPSA) is 46.6 Å². The molecule has 0 atom stereocenters. The van der Waals surface area contributed by atoms with Gasteiger partial charge in [-0.05, 0) is 25.0 Å². The number of nitrogens with zero attached hydrogens (tertiary/aromatic N) is 1. The fourth-order valence-electron chi connectivity index (χ4n) is 1.48. The summed E-state index contributed by atoms with van der Waals surface area (Å²) < 4.78 is 30.6. The molecule has 0 aliphatic carbocycles. The molecular formula is C13H20ClNO3S. The molecule has 1 aromatic rings. The Morgan fingerprint density at radius 2 is 1.89 bits per heavy atom. The highest BCUT2D eigenvalue weighted by Crippen LogP contribution is 2.09. The standard InChI is InChI=1S/C13H20ClNO3S/c1-15(19(16,17)12-6-5-9-14)10-11-18-13-7-3-2-4-8-13/h2-4,7-8H,5-6,9-12H2,1H3. The number of alkyl halides is 1. The predicted molar refractivity (Wildman–Crippen MR) is 78.3 cm³/mol. The van der Waals surface area contributed by atoms with E-state index in [9.17, 15) is 8.42 Å². The van der Waals surface area contributed by atoms with Crippen molar-refractivity contribution >= 4 is 21.6 Å². The Bertz CT molecular complexity index is 450. The zero-order chi connectivity index (χ0) is 14.1. The van der Waals surface area contributed by atoms with Gasteiger partial charge in [0.25, 0.3) is 0 Å². The number of rotatable bonds is 9. The Hall–Kier alpha value is -0.780. The molecule has 1 rings (SSSR count). The summed E-state index contributed by atoms with van der Waals surface area (Å²) in [5.74, 6) is 1.38. The van der Waals surface area contributed by atoms with Gasteiger partial charge in [0.15, 0.2) is 0 Å². The highest BCUT2D eigenvalue weighted by Gasteiger charge is 2.16. The molecule has 0 heterocycles. The molecule has 1 aromatic carbocycles. The molecule has 0 fully saturated rings. The van der Waals surface area contributed by atoms with Gasteiger partial charge in [0, 0.05) is 19.5 Å². The van der Waals surface area contributed by atoms with E-state index in [-0.39, 0.29) is 5.75 Å². The Kier molecular flexibility index (Phi) is 7.20. The van der Waals surface area contributed by atoms with Gasteiger partial charge < -0.3 is 4.74 Å². The number of likely N-dealkylation sites (N-methyl/N-ethyl adjacent to an activating group) is 1. The second kappa shape index (κ2) is 8.40. The Labute approximate surface area is 120 Å². The quantitative estimate of drug-likeness (QED) is 0.520. The summed E-state index contributed by atoms with van der Waals surface area (Å²) >= 11 is 5.53. The van der Waals surface area contributed by atoms with Crippen LogP contribution in [0, 0.1) is 0 Å². The number of hydrogen-bond donors (Lipinski definition) is 0. The normalized spacial score (nSPS) is 11.7. The van der Waals surface area contributed by atoms with E-state index in [1.165, 1.54) is 4.31 Å². The van der Waals surface area contributed by atoms with Crippen LogP contribution in [0.25, 0.3) is 0 Å². The first kappa shape index (κ1) is 16.3. The molecule has 19 heavy (non-hydrogen) atoms. The molecule has 0 bridgehead atoms. The fourth-order valence-corrected chi connectivity index (χ4v) is 2.90. The maximum absolute atomic E-state index is 11.9. The van der Waals surface area contributed by atoms with Crippen molar-refractivity contribution < 1.29 is 13.2 Å².